The number of halogens is 6. The summed E-state index contributed by atoms with van der Waals surface area (Å²) in [5, 5.41) is -0.663. The SMILES string of the molecule is CS(=O)(=O)NC(=O)c1cc(C2CC2)c(CN2C3CC[C@@H]2C[C@H](Oc2cc(C(F)(F)F)cc(Cl)c2F)C3)cc1F. The second kappa shape index (κ2) is 10.2. The van der Waals surface area contributed by atoms with E-state index in [1.807, 2.05) is 0 Å². The number of hydrogen-bond donors (Lipinski definition) is 1. The van der Waals surface area contributed by atoms with Gasteiger partial charge in [-0.15, -0.1) is 0 Å². The van der Waals surface area contributed by atoms with Gasteiger partial charge in [0.1, 0.15) is 11.9 Å². The highest BCUT2D eigenvalue weighted by molar-refractivity contribution is 7.89. The molecule has 2 bridgehead atoms. The molecule has 39 heavy (non-hydrogen) atoms. The third-order valence-electron chi connectivity index (χ3n) is 7.58. The molecule has 1 amide bonds. The predicted octanol–water partition coefficient (Wildman–Crippen LogP) is 5.78. The van der Waals surface area contributed by atoms with E-state index in [1.165, 1.54) is 12.1 Å². The monoisotopic (exact) mass is 592 g/mol. The van der Waals surface area contributed by atoms with Crippen LogP contribution in [0, 0.1) is 11.6 Å². The number of piperidine rings is 1. The molecule has 2 heterocycles. The molecule has 3 aliphatic rings. The number of alkyl halides is 3. The van der Waals surface area contributed by atoms with Crippen molar-refractivity contribution in [3.05, 3.63) is 63.2 Å². The topological polar surface area (TPSA) is 75.7 Å². The molecule has 13 heteroatoms. The van der Waals surface area contributed by atoms with Crippen LogP contribution in [0.15, 0.2) is 24.3 Å². The number of carbonyl (C=O) groups excluding carboxylic acids is 1. The van der Waals surface area contributed by atoms with E-state index in [4.69, 9.17) is 16.3 Å². The highest BCUT2D eigenvalue weighted by Crippen LogP contribution is 2.45. The summed E-state index contributed by atoms with van der Waals surface area (Å²) < 4.78 is 99.5. The van der Waals surface area contributed by atoms with E-state index in [9.17, 15) is 35.2 Å². The van der Waals surface area contributed by atoms with E-state index >= 15 is 0 Å². The standard InChI is InChI=1S/C26H26ClF5N2O4S/c1-39(36,37)33-25(35)20-11-19(13-2-3-13)14(6-22(20)28)12-34-16-4-5-17(34)10-18(9-16)38-23-8-15(26(30,31)32)7-21(27)24(23)29/h6-8,11,13,16-18H,2-5,9-10,12H2,1H3,(H,33,35)/t16-,17?,18+/m1/s1. The van der Waals surface area contributed by atoms with Gasteiger partial charge in [0.2, 0.25) is 10.0 Å². The van der Waals surface area contributed by atoms with Crippen molar-refractivity contribution in [3.8, 4) is 5.75 Å². The number of amides is 1. The van der Waals surface area contributed by atoms with Crippen LogP contribution in [0.2, 0.25) is 5.02 Å². The fraction of sp³-hybridized carbons (Fsp3) is 0.500. The Morgan fingerprint density at radius 3 is 2.28 bits per heavy atom. The van der Waals surface area contributed by atoms with Crippen molar-refractivity contribution in [2.24, 2.45) is 0 Å². The second-order valence-corrected chi connectivity index (χ2v) is 12.7. The zero-order chi connectivity index (χ0) is 28.3. The first-order chi connectivity index (χ1) is 18.2. The van der Waals surface area contributed by atoms with Crippen LogP contribution in [0.5, 0.6) is 5.75 Å². The van der Waals surface area contributed by atoms with Gasteiger partial charge in [-0.05, 0) is 79.8 Å². The third-order valence-corrected chi connectivity index (χ3v) is 8.41. The Balaban J connectivity index is 1.33. The smallest absolute Gasteiger partial charge is 0.416 e. The van der Waals surface area contributed by atoms with Gasteiger partial charge in [-0.3, -0.25) is 9.69 Å². The Morgan fingerprint density at radius 1 is 1.08 bits per heavy atom. The summed E-state index contributed by atoms with van der Waals surface area (Å²) in [6.07, 6.45) is -0.168. The molecular weight excluding hydrogens is 567 g/mol. The summed E-state index contributed by atoms with van der Waals surface area (Å²) in [6, 6.07) is 3.85. The molecule has 0 spiro atoms. The maximum atomic E-state index is 15.0. The molecular formula is C26H26ClF5N2O4S. The minimum Gasteiger partial charge on any atom is -0.487 e. The lowest BCUT2D eigenvalue weighted by Crippen LogP contribution is -2.46. The largest absolute Gasteiger partial charge is 0.487 e. The van der Waals surface area contributed by atoms with Crippen molar-refractivity contribution in [3.63, 3.8) is 0 Å². The molecule has 1 saturated carbocycles. The van der Waals surface area contributed by atoms with E-state index in [1.54, 1.807) is 4.72 Å². The molecule has 2 aromatic carbocycles. The van der Waals surface area contributed by atoms with Crippen LogP contribution in [0.4, 0.5) is 22.0 Å². The van der Waals surface area contributed by atoms with Gasteiger partial charge in [0.25, 0.3) is 5.91 Å². The first kappa shape index (κ1) is 28.1. The molecule has 1 unspecified atom stereocenters. The number of hydrogen-bond acceptors (Lipinski definition) is 5. The lowest BCUT2D eigenvalue weighted by atomic mass is 9.95. The van der Waals surface area contributed by atoms with Gasteiger partial charge in [0.15, 0.2) is 11.6 Å². The number of nitrogens with one attached hydrogen (secondary N) is 1. The maximum Gasteiger partial charge on any atom is 0.416 e. The molecule has 0 radical (unpaired) electrons. The number of fused-ring (bicyclic) bond motifs is 2. The number of ether oxygens (including phenoxy) is 1. The predicted molar refractivity (Wildman–Crippen MR) is 133 cm³/mol. The van der Waals surface area contributed by atoms with E-state index in [0.29, 0.717) is 37.1 Å². The Morgan fingerprint density at radius 2 is 1.72 bits per heavy atom. The summed E-state index contributed by atoms with van der Waals surface area (Å²) in [5.74, 6) is -3.27. The molecule has 1 aliphatic carbocycles. The average molecular weight is 593 g/mol. The van der Waals surface area contributed by atoms with Crippen LogP contribution in [0.25, 0.3) is 0 Å². The lowest BCUT2D eigenvalue weighted by molar-refractivity contribution is -0.137. The van der Waals surface area contributed by atoms with E-state index < -0.39 is 56.2 Å². The van der Waals surface area contributed by atoms with Crippen molar-refractivity contribution in [2.75, 3.05) is 6.26 Å². The highest BCUT2D eigenvalue weighted by Gasteiger charge is 2.43. The van der Waals surface area contributed by atoms with Gasteiger partial charge in [0, 0.05) is 18.6 Å². The van der Waals surface area contributed by atoms with Gasteiger partial charge in [-0.1, -0.05) is 11.6 Å². The maximum absolute atomic E-state index is 15.0. The Kier molecular flexibility index (Phi) is 7.34. The van der Waals surface area contributed by atoms with Crippen LogP contribution >= 0.6 is 11.6 Å². The van der Waals surface area contributed by atoms with Crippen molar-refractivity contribution >= 4 is 27.5 Å². The molecule has 212 valence electrons. The van der Waals surface area contributed by atoms with Gasteiger partial charge in [-0.25, -0.2) is 21.9 Å². The molecule has 0 aromatic heterocycles. The zero-order valence-electron chi connectivity index (χ0n) is 20.8. The number of carbonyl (C=O) groups is 1. The summed E-state index contributed by atoms with van der Waals surface area (Å²) in [7, 11) is -3.86. The van der Waals surface area contributed by atoms with Crippen LogP contribution in [0.1, 0.15) is 71.5 Å². The molecule has 2 aliphatic heterocycles. The first-order valence-electron chi connectivity index (χ1n) is 12.5. The molecule has 2 saturated heterocycles. The van der Waals surface area contributed by atoms with Crippen LogP contribution < -0.4 is 9.46 Å². The normalized spacial score (nSPS) is 23.6. The molecule has 3 atom stereocenters. The highest BCUT2D eigenvalue weighted by atomic mass is 35.5. The number of benzene rings is 2. The van der Waals surface area contributed by atoms with Crippen LogP contribution in [-0.2, 0) is 22.7 Å². The Hall–Kier alpha value is -2.44. The summed E-state index contributed by atoms with van der Waals surface area (Å²) >= 11 is 5.70. The molecule has 2 aromatic rings. The van der Waals surface area contributed by atoms with E-state index in [0.717, 1.165) is 37.5 Å². The van der Waals surface area contributed by atoms with E-state index in [2.05, 4.69) is 4.90 Å². The van der Waals surface area contributed by atoms with Crippen molar-refractivity contribution in [2.45, 2.75) is 75.4 Å². The first-order valence-corrected chi connectivity index (χ1v) is 14.8. The zero-order valence-corrected chi connectivity index (χ0v) is 22.4. The minimum absolute atomic E-state index is 0.0126. The van der Waals surface area contributed by atoms with Crippen LogP contribution in [0.3, 0.4) is 0 Å². The van der Waals surface area contributed by atoms with Crippen LogP contribution in [-0.4, -0.2) is 43.7 Å². The second-order valence-electron chi connectivity index (χ2n) is 10.5. The minimum atomic E-state index is -4.70. The molecule has 3 fully saturated rings. The van der Waals surface area contributed by atoms with Gasteiger partial charge in [-0.2, -0.15) is 13.2 Å². The molecule has 1 N–H and O–H groups in total. The van der Waals surface area contributed by atoms with E-state index in [-0.39, 0.29) is 23.6 Å². The summed E-state index contributed by atoms with van der Waals surface area (Å²) in [4.78, 5) is 14.5. The fourth-order valence-electron chi connectivity index (χ4n) is 5.71. The fourth-order valence-corrected chi connectivity index (χ4v) is 6.37. The number of nitrogens with zero attached hydrogens (tertiary/aromatic N) is 1. The molecule has 6 nitrogen and oxygen atoms in total. The Labute approximate surface area is 227 Å². The average Bonchev–Trinajstić information content (AvgIpc) is 3.62. The van der Waals surface area contributed by atoms with Gasteiger partial charge >= 0.3 is 6.18 Å². The lowest BCUT2D eigenvalue weighted by Gasteiger charge is -2.39. The number of sulfonamides is 1. The molecule has 5 rings (SSSR count). The van der Waals surface area contributed by atoms with Gasteiger partial charge < -0.3 is 4.74 Å². The summed E-state index contributed by atoms with van der Waals surface area (Å²) in [5.41, 5.74) is 0.0851. The quantitative estimate of drug-likeness (QED) is 0.413. The van der Waals surface area contributed by atoms with Crippen molar-refractivity contribution < 1.29 is 39.9 Å². The van der Waals surface area contributed by atoms with Crippen molar-refractivity contribution in [1.29, 1.82) is 0 Å². The van der Waals surface area contributed by atoms with Crippen molar-refractivity contribution in [1.82, 2.24) is 9.62 Å². The van der Waals surface area contributed by atoms with Gasteiger partial charge in [0.05, 0.1) is 22.4 Å². The number of rotatable bonds is 7. The summed E-state index contributed by atoms with van der Waals surface area (Å²) in [6.45, 7) is 0.391. The Bertz CT molecular complexity index is 1400. The third kappa shape index (κ3) is 6.17.